The highest BCUT2D eigenvalue weighted by atomic mass is 15.0. The van der Waals surface area contributed by atoms with E-state index < -0.39 is 0 Å². The summed E-state index contributed by atoms with van der Waals surface area (Å²) in [4.78, 5) is 0. The zero-order valence-electron chi connectivity index (χ0n) is 11.3. The molecule has 0 fully saturated rings. The molecule has 0 spiro atoms. The van der Waals surface area contributed by atoms with Crippen molar-refractivity contribution in [1.29, 1.82) is 0 Å². The van der Waals surface area contributed by atoms with Gasteiger partial charge in [0.25, 0.3) is 0 Å². The molecule has 0 atom stereocenters. The summed E-state index contributed by atoms with van der Waals surface area (Å²) in [5, 5.41) is 0. The Labute approximate surface area is 114 Å². The molecule has 1 aromatic heterocycles. The van der Waals surface area contributed by atoms with Gasteiger partial charge in [0.2, 0.25) is 0 Å². The molecule has 0 aliphatic carbocycles. The summed E-state index contributed by atoms with van der Waals surface area (Å²) in [6.45, 7) is 4.33. The van der Waals surface area contributed by atoms with Crippen LogP contribution in [0.5, 0.6) is 0 Å². The maximum atomic E-state index is 2.32. The number of rotatable bonds is 2. The van der Waals surface area contributed by atoms with E-state index in [1.54, 1.807) is 0 Å². The van der Waals surface area contributed by atoms with Gasteiger partial charge < -0.3 is 4.57 Å². The van der Waals surface area contributed by atoms with Crippen molar-refractivity contribution >= 4 is 0 Å². The molecule has 0 amide bonds. The van der Waals surface area contributed by atoms with Gasteiger partial charge in [-0.15, -0.1) is 0 Å². The van der Waals surface area contributed by atoms with E-state index in [1.165, 1.54) is 28.2 Å². The first-order valence-electron chi connectivity index (χ1n) is 6.57. The molecule has 0 saturated carbocycles. The summed E-state index contributed by atoms with van der Waals surface area (Å²) in [6.07, 6.45) is 0. The zero-order chi connectivity index (χ0) is 13.2. The van der Waals surface area contributed by atoms with Gasteiger partial charge >= 0.3 is 0 Å². The summed E-state index contributed by atoms with van der Waals surface area (Å²) in [7, 11) is 0. The van der Waals surface area contributed by atoms with Gasteiger partial charge in [-0.25, -0.2) is 0 Å². The Balaban J connectivity index is 2.26. The number of aromatic nitrogens is 1. The number of benzene rings is 2. The summed E-state index contributed by atoms with van der Waals surface area (Å²) in [5.41, 5.74) is 6.34. The second-order valence-electron chi connectivity index (χ2n) is 4.85. The van der Waals surface area contributed by atoms with Gasteiger partial charge in [0, 0.05) is 11.4 Å². The fraction of sp³-hybridized carbons (Fsp3) is 0.111. The van der Waals surface area contributed by atoms with E-state index in [9.17, 15) is 0 Å². The van der Waals surface area contributed by atoms with E-state index in [-0.39, 0.29) is 0 Å². The molecule has 0 aliphatic rings. The van der Waals surface area contributed by atoms with Crippen molar-refractivity contribution < 1.29 is 0 Å². The SMILES string of the molecule is Cc1cc(C)n(-c2ccccc2)c1-c1ccccc1. The van der Waals surface area contributed by atoms with Gasteiger partial charge in [-0.1, -0.05) is 48.5 Å². The van der Waals surface area contributed by atoms with Crippen LogP contribution in [0.4, 0.5) is 0 Å². The summed E-state index contributed by atoms with van der Waals surface area (Å²) in [5.74, 6) is 0. The maximum absolute atomic E-state index is 2.32. The van der Waals surface area contributed by atoms with E-state index in [4.69, 9.17) is 0 Å². The Morgan fingerprint density at radius 1 is 0.737 bits per heavy atom. The molecule has 3 rings (SSSR count). The number of aryl methyl sites for hydroxylation is 2. The van der Waals surface area contributed by atoms with Crippen molar-refractivity contribution in [3.05, 3.63) is 78.0 Å². The highest BCUT2D eigenvalue weighted by Gasteiger charge is 2.12. The first kappa shape index (κ1) is 11.8. The molecule has 0 bridgehead atoms. The molecule has 2 aromatic carbocycles. The van der Waals surface area contributed by atoms with Gasteiger partial charge in [0.05, 0.1) is 5.69 Å². The predicted molar refractivity (Wildman–Crippen MR) is 80.7 cm³/mol. The van der Waals surface area contributed by atoms with Crippen LogP contribution in [0, 0.1) is 13.8 Å². The van der Waals surface area contributed by atoms with E-state index in [2.05, 4.69) is 85.1 Å². The normalized spacial score (nSPS) is 10.6. The number of hydrogen-bond donors (Lipinski definition) is 0. The average Bonchev–Trinajstić information content (AvgIpc) is 2.75. The van der Waals surface area contributed by atoms with E-state index >= 15 is 0 Å². The molecule has 0 aliphatic heterocycles. The van der Waals surface area contributed by atoms with Gasteiger partial charge in [-0.05, 0) is 43.2 Å². The lowest BCUT2D eigenvalue weighted by Gasteiger charge is -2.12. The third-order valence-electron chi connectivity index (χ3n) is 3.44. The van der Waals surface area contributed by atoms with Gasteiger partial charge in [-0.3, -0.25) is 0 Å². The van der Waals surface area contributed by atoms with Crippen LogP contribution in [0.15, 0.2) is 66.7 Å². The first-order chi connectivity index (χ1) is 9.27. The van der Waals surface area contributed by atoms with E-state index in [0.717, 1.165) is 0 Å². The molecule has 19 heavy (non-hydrogen) atoms. The van der Waals surface area contributed by atoms with Crippen LogP contribution >= 0.6 is 0 Å². The minimum Gasteiger partial charge on any atom is -0.314 e. The third-order valence-corrected chi connectivity index (χ3v) is 3.44. The average molecular weight is 247 g/mol. The van der Waals surface area contributed by atoms with Crippen molar-refractivity contribution in [3.8, 4) is 16.9 Å². The van der Waals surface area contributed by atoms with Crippen LogP contribution < -0.4 is 0 Å². The highest BCUT2D eigenvalue weighted by molar-refractivity contribution is 5.67. The van der Waals surface area contributed by atoms with Gasteiger partial charge in [0.15, 0.2) is 0 Å². The zero-order valence-corrected chi connectivity index (χ0v) is 11.3. The summed E-state index contributed by atoms with van der Waals surface area (Å²) in [6, 6.07) is 23.3. The largest absolute Gasteiger partial charge is 0.314 e. The molecule has 1 nitrogen and oxygen atoms in total. The molecule has 1 heterocycles. The molecule has 1 heteroatoms. The van der Waals surface area contributed by atoms with Crippen molar-refractivity contribution in [1.82, 2.24) is 4.57 Å². The quantitative estimate of drug-likeness (QED) is 0.615. The highest BCUT2D eigenvalue weighted by Crippen LogP contribution is 2.29. The van der Waals surface area contributed by atoms with Crippen LogP contribution in [0.3, 0.4) is 0 Å². The van der Waals surface area contributed by atoms with Gasteiger partial charge in [-0.2, -0.15) is 0 Å². The lowest BCUT2D eigenvalue weighted by atomic mass is 10.1. The molecule has 0 unspecified atom stereocenters. The Morgan fingerprint density at radius 2 is 1.32 bits per heavy atom. The fourth-order valence-corrected chi connectivity index (χ4v) is 2.66. The maximum Gasteiger partial charge on any atom is 0.0560 e. The van der Waals surface area contributed by atoms with Crippen LogP contribution in [0.2, 0.25) is 0 Å². The topological polar surface area (TPSA) is 4.93 Å². The fourth-order valence-electron chi connectivity index (χ4n) is 2.66. The van der Waals surface area contributed by atoms with Crippen molar-refractivity contribution in [2.24, 2.45) is 0 Å². The molecule has 0 saturated heterocycles. The minimum atomic E-state index is 1.21. The molecule has 3 aromatic rings. The lowest BCUT2D eigenvalue weighted by molar-refractivity contribution is 1.02. The van der Waals surface area contributed by atoms with Crippen LogP contribution in [0.25, 0.3) is 16.9 Å². The molecule has 0 N–H and O–H groups in total. The van der Waals surface area contributed by atoms with Crippen LogP contribution in [-0.2, 0) is 0 Å². The second kappa shape index (κ2) is 4.77. The number of para-hydroxylation sites is 1. The van der Waals surface area contributed by atoms with Crippen LogP contribution in [-0.4, -0.2) is 4.57 Å². The predicted octanol–water partition coefficient (Wildman–Crippen LogP) is 4.76. The van der Waals surface area contributed by atoms with Crippen molar-refractivity contribution in [2.75, 3.05) is 0 Å². The van der Waals surface area contributed by atoms with Crippen LogP contribution in [0.1, 0.15) is 11.3 Å². The first-order valence-corrected chi connectivity index (χ1v) is 6.57. The van der Waals surface area contributed by atoms with Crippen molar-refractivity contribution in [3.63, 3.8) is 0 Å². The van der Waals surface area contributed by atoms with Gasteiger partial charge in [0.1, 0.15) is 0 Å². The molecule has 94 valence electrons. The van der Waals surface area contributed by atoms with E-state index in [1.807, 2.05) is 0 Å². The Bertz CT molecular complexity index is 618. The monoisotopic (exact) mass is 247 g/mol. The summed E-state index contributed by atoms with van der Waals surface area (Å²) < 4.78 is 2.32. The number of hydrogen-bond acceptors (Lipinski definition) is 0. The standard InChI is InChI=1S/C18H17N/c1-14-13-15(2)19(17-11-7-4-8-12-17)18(14)16-9-5-3-6-10-16/h3-13H,1-2H3. The molecular formula is C18H17N. The molecular weight excluding hydrogens is 230 g/mol. The second-order valence-corrected chi connectivity index (χ2v) is 4.85. The Kier molecular flexibility index (Phi) is 2.96. The lowest BCUT2D eigenvalue weighted by Crippen LogP contribution is -1.99. The minimum absolute atomic E-state index is 1.21. The summed E-state index contributed by atoms with van der Waals surface area (Å²) >= 11 is 0. The Morgan fingerprint density at radius 3 is 1.95 bits per heavy atom. The Hall–Kier alpha value is -2.28. The molecule has 0 radical (unpaired) electrons. The van der Waals surface area contributed by atoms with E-state index in [0.29, 0.717) is 0 Å². The third kappa shape index (κ3) is 2.08. The number of nitrogens with zero attached hydrogens (tertiary/aromatic N) is 1. The smallest absolute Gasteiger partial charge is 0.0560 e. The van der Waals surface area contributed by atoms with Crippen molar-refractivity contribution in [2.45, 2.75) is 13.8 Å².